The van der Waals surface area contributed by atoms with Crippen LogP contribution in [0.2, 0.25) is 0 Å². The average Bonchev–Trinajstić information content (AvgIpc) is 2.66. The van der Waals surface area contributed by atoms with Gasteiger partial charge < -0.3 is 14.2 Å². The van der Waals surface area contributed by atoms with Crippen LogP contribution in [0, 0.1) is 0 Å². The molecule has 0 aliphatic heterocycles. The quantitative estimate of drug-likeness (QED) is 0.439. The van der Waals surface area contributed by atoms with E-state index in [1.807, 2.05) is 0 Å². The molecule has 0 spiro atoms. The lowest BCUT2D eigenvalue weighted by molar-refractivity contribution is -0.199. The first-order chi connectivity index (χ1) is 14.2. The van der Waals surface area contributed by atoms with E-state index in [1.54, 1.807) is 0 Å². The van der Waals surface area contributed by atoms with Gasteiger partial charge in [-0.15, -0.1) is 0 Å². The molecule has 0 heterocycles. The second-order valence-corrected chi connectivity index (χ2v) is 6.08. The number of esters is 1. The summed E-state index contributed by atoms with van der Waals surface area (Å²) in [5.74, 6) is -5.50. The normalized spacial score (nSPS) is 11.6. The number of hydrogen-bond acceptors (Lipinski definition) is 6. The summed E-state index contributed by atoms with van der Waals surface area (Å²) < 4.78 is 88.9. The van der Waals surface area contributed by atoms with Crippen LogP contribution in [0.5, 0.6) is 11.5 Å². The minimum atomic E-state index is -5.23. The molecule has 13 heteroatoms. The van der Waals surface area contributed by atoms with Gasteiger partial charge in [-0.3, -0.25) is 14.5 Å². The van der Waals surface area contributed by atoms with E-state index in [-0.39, 0.29) is 34.8 Å². The molecule has 1 aromatic rings. The maximum absolute atomic E-state index is 12.7. The summed E-state index contributed by atoms with van der Waals surface area (Å²) in [4.78, 5) is 33.7. The highest BCUT2D eigenvalue weighted by Crippen LogP contribution is 2.30. The van der Waals surface area contributed by atoms with Crippen molar-refractivity contribution in [1.29, 1.82) is 0 Å². The molecule has 0 saturated heterocycles. The fourth-order valence-corrected chi connectivity index (χ4v) is 2.54. The zero-order valence-corrected chi connectivity index (χ0v) is 16.6. The van der Waals surface area contributed by atoms with Crippen LogP contribution in [-0.4, -0.2) is 62.4 Å². The highest BCUT2D eigenvalue weighted by Gasteiger charge is 2.44. The number of alkyl halides is 6. The second kappa shape index (κ2) is 10.4. The van der Waals surface area contributed by atoms with Crippen molar-refractivity contribution in [3.05, 3.63) is 23.3 Å². The SMILES string of the molecule is COc1cc(CCN(C(C)=O)C(=O)C(F)(F)F)c(OC)cc1CCOC(=O)C(F)(F)F. The molecule has 0 saturated carbocycles. The number of rotatable bonds is 8. The van der Waals surface area contributed by atoms with Gasteiger partial charge in [-0.25, -0.2) is 4.79 Å². The van der Waals surface area contributed by atoms with Gasteiger partial charge in [0.15, 0.2) is 0 Å². The topological polar surface area (TPSA) is 82.1 Å². The summed E-state index contributed by atoms with van der Waals surface area (Å²) in [7, 11) is 2.48. The molecule has 1 rings (SSSR count). The van der Waals surface area contributed by atoms with E-state index in [0.29, 0.717) is 5.56 Å². The summed E-state index contributed by atoms with van der Waals surface area (Å²) in [5.41, 5.74) is 0.574. The largest absolute Gasteiger partial charge is 0.496 e. The second-order valence-electron chi connectivity index (χ2n) is 6.08. The molecule has 31 heavy (non-hydrogen) atoms. The Kier molecular flexibility index (Phi) is 8.70. The molecular formula is C18H19F6NO6. The van der Waals surface area contributed by atoms with Crippen LogP contribution < -0.4 is 9.47 Å². The number of ether oxygens (including phenoxy) is 3. The van der Waals surface area contributed by atoms with Crippen molar-refractivity contribution in [1.82, 2.24) is 4.90 Å². The minimum Gasteiger partial charge on any atom is -0.496 e. The summed E-state index contributed by atoms with van der Waals surface area (Å²) >= 11 is 0. The van der Waals surface area contributed by atoms with Crippen LogP contribution in [0.15, 0.2) is 12.1 Å². The number of halogens is 6. The van der Waals surface area contributed by atoms with Crippen LogP contribution in [0.25, 0.3) is 0 Å². The fraction of sp³-hybridized carbons (Fsp3) is 0.500. The Morgan fingerprint density at radius 3 is 1.74 bits per heavy atom. The van der Waals surface area contributed by atoms with E-state index >= 15 is 0 Å². The number of amides is 2. The number of imide groups is 1. The van der Waals surface area contributed by atoms with Crippen molar-refractivity contribution in [2.45, 2.75) is 32.1 Å². The number of carbonyl (C=O) groups is 3. The van der Waals surface area contributed by atoms with Crippen molar-refractivity contribution in [2.75, 3.05) is 27.4 Å². The minimum absolute atomic E-state index is 0.0381. The first-order valence-electron chi connectivity index (χ1n) is 8.59. The van der Waals surface area contributed by atoms with Gasteiger partial charge in [-0.1, -0.05) is 0 Å². The van der Waals surface area contributed by atoms with Crippen molar-refractivity contribution < 1.29 is 54.9 Å². The Hall–Kier alpha value is -2.99. The van der Waals surface area contributed by atoms with Crippen LogP contribution in [0.3, 0.4) is 0 Å². The number of methoxy groups -OCH3 is 2. The van der Waals surface area contributed by atoms with Gasteiger partial charge in [0.05, 0.1) is 20.8 Å². The lowest BCUT2D eigenvalue weighted by Crippen LogP contribution is -2.44. The predicted molar refractivity (Wildman–Crippen MR) is 92.4 cm³/mol. The third-order valence-electron chi connectivity index (χ3n) is 3.99. The summed E-state index contributed by atoms with van der Waals surface area (Å²) in [5, 5.41) is 0. The van der Waals surface area contributed by atoms with Crippen LogP contribution in [0.4, 0.5) is 26.3 Å². The Bertz CT molecular complexity index is 821. The molecular weight excluding hydrogens is 440 g/mol. The molecule has 0 fully saturated rings. The highest BCUT2D eigenvalue weighted by molar-refractivity contribution is 5.96. The third-order valence-corrected chi connectivity index (χ3v) is 3.99. The lowest BCUT2D eigenvalue weighted by Gasteiger charge is -2.21. The van der Waals surface area contributed by atoms with E-state index in [1.165, 1.54) is 26.4 Å². The molecule has 0 aromatic heterocycles. The molecule has 0 aliphatic carbocycles. The van der Waals surface area contributed by atoms with Gasteiger partial charge in [0.25, 0.3) is 0 Å². The molecule has 7 nitrogen and oxygen atoms in total. The van der Waals surface area contributed by atoms with Gasteiger partial charge in [0, 0.05) is 25.5 Å². The van der Waals surface area contributed by atoms with Gasteiger partial charge >= 0.3 is 24.2 Å². The zero-order chi connectivity index (χ0) is 24.0. The molecule has 0 N–H and O–H groups in total. The van der Waals surface area contributed by atoms with Crippen LogP contribution >= 0.6 is 0 Å². The lowest BCUT2D eigenvalue weighted by atomic mass is 10.0. The number of benzene rings is 1. The number of hydrogen-bond donors (Lipinski definition) is 0. The maximum Gasteiger partial charge on any atom is 0.490 e. The predicted octanol–water partition coefficient (Wildman–Crippen LogP) is 2.83. The number of nitrogens with zero attached hydrogens (tertiary/aromatic N) is 1. The van der Waals surface area contributed by atoms with Crippen molar-refractivity contribution in [3.8, 4) is 11.5 Å². The first-order valence-corrected chi connectivity index (χ1v) is 8.59. The molecule has 0 unspecified atom stereocenters. The smallest absolute Gasteiger partial charge is 0.490 e. The van der Waals surface area contributed by atoms with E-state index in [9.17, 15) is 40.7 Å². The van der Waals surface area contributed by atoms with Crippen molar-refractivity contribution >= 4 is 17.8 Å². The molecule has 174 valence electrons. The maximum atomic E-state index is 12.7. The molecule has 0 atom stereocenters. The Balaban J connectivity index is 3.01. The van der Waals surface area contributed by atoms with E-state index in [2.05, 4.69) is 4.74 Å². The van der Waals surface area contributed by atoms with E-state index < -0.39 is 43.3 Å². The van der Waals surface area contributed by atoms with Crippen molar-refractivity contribution in [2.24, 2.45) is 0 Å². The molecule has 0 radical (unpaired) electrons. The van der Waals surface area contributed by atoms with Gasteiger partial charge in [0.2, 0.25) is 5.91 Å². The zero-order valence-electron chi connectivity index (χ0n) is 16.6. The fourth-order valence-electron chi connectivity index (χ4n) is 2.54. The molecule has 0 aliphatic rings. The molecule has 0 bridgehead atoms. The molecule has 2 amide bonds. The van der Waals surface area contributed by atoms with Gasteiger partial charge in [-0.2, -0.15) is 26.3 Å². The first kappa shape index (κ1) is 26.0. The Labute approximate surface area is 172 Å². The monoisotopic (exact) mass is 459 g/mol. The van der Waals surface area contributed by atoms with Crippen LogP contribution in [0.1, 0.15) is 18.1 Å². The Morgan fingerprint density at radius 2 is 1.35 bits per heavy atom. The highest BCUT2D eigenvalue weighted by atomic mass is 19.4. The van der Waals surface area contributed by atoms with E-state index in [0.717, 1.165) is 6.92 Å². The summed E-state index contributed by atoms with van der Waals surface area (Å²) in [6, 6.07) is 2.69. The Morgan fingerprint density at radius 1 is 0.871 bits per heavy atom. The van der Waals surface area contributed by atoms with Crippen LogP contribution in [-0.2, 0) is 32.0 Å². The standard InChI is InChI=1S/C18H19F6NO6/c1-10(26)25(15(27)17(19,20)21)6-4-11-8-14(30-3)12(9-13(11)29-2)5-7-31-16(28)18(22,23)24/h8-9H,4-7H2,1-3H3. The summed E-state index contributed by atoms with van der Waals surface area (Å²) in [6.45, 7) is -0.405. The molecule has 1 aromatic carbocycles. The summed E-state index contributed by atoms with van der Waals surface area (Å²) in [6.07, 6.45) is -10.8. The third kappa shape index (κ3) is 7.33. The van der Waals surface area contributed by atoms with Crippen molar-refractivity contribution in [3.63, 3.8) is 0 Å². The van der Waals surface area contributed by atoms with E-state index in [4.69, 9.17) is 9.47 Å². The number of carbonyl (C=O) groups excluding carboxylic acids is 3. The van der Waals surface area contributed by atoms with Gasteiger partial charge in [0.1, 0.15) is 11.5 Å². The van der Waals surface area contributed by atoms with Gasteiger partial charge in [-0.05, 0) is 24.1 Å². The average molecular weight is 459 g/mol.